The summed E-state index contributed by atoms with van der Waals surface area (Å²) >= 11 is 0. The molecule has 3 amide bonds. The number of benzene rings is 2. The molecule has 222 valence electrons. The number of ether oxygens (including phenoxy) is 1. The number of halogens is 1. The number of amides is 3. The summed E-state index contributed by atoms with van der Waals surface area (Å²) in [5.74, 6) is -1.61. The molecule has 0 aromatic heterocycles. The molecule has 5 N–H and O–H groups in total. The smallest absolute Gasteiger partial charge is 0.243 e. The van der Waals surface area contributed by atoms with Crippen molar-refractivity contribution in [2.75, 3.05) is 20.1 Å². The van der Waals surface area contributed by atoms with Gasteiger partial charge < -0.3 is 35.8 Å². The highest BCUT2D eigenvalue weighted by Gasteiger charge is 2.46. The Hall–Kier alpha value is -3.54. The van der Waals surface area contributed by atoms with Gasteiger partial charge in [-0.1, -0.05) is 30.3 Å². The number of nitrogens with one attached hydrogen (secondary N) is 3. The molecule has 1 heterocycles. The van der Waals surface area contributed by atoms with Crippen molar-refractivity contribution >= 4 is 17.7 Å². The number of likely N-dealkylation sites (N-methyl/N-ethyl adjacent to an activating group) is 1. The lowest BCUT2D eigenvalue weighted by Gasteiger charge is -2.31. The van der Waals surface area contributed by atoms with E-state index in [1.54, 1.807) is 31.2 Å². The number of aliphatic hydroxyl groups is 2. The van der Waals surface area contributed by atoms with Crippen LogP contribution in [0, 0.1) is 11.7 Å². The van der Waals surface area contributed by atoms with Crippen molar-refractivity contribution in [1.29, 1.82) is 0 Å². The fourth-order valence-corrected chi connectivity index (χ4v) is 4.95. The maximum atomic E-state index is 13.5. The van der Waals surface area contributed by atoms with Crippen LogP contribution in [0.2, 0.25) is 0 Å². The van der Waals surface area contributed by atoms with E-state index < -0.39 is 48.0 Å². The number of hydrogen-bond donors (Lipinski definition) is 5. The minimum atomic E-state index is -1.01. The summed E-state index contributed by atoms with van der Waals surface area (Å²) in [7, 11) is 1.51. The molecule has 10 nitrogen and oxygen atoms in total. The quantitative estimate of drug-likeness (QED) is 0.372. The van der Waals surface area contributed by atoms with Crippen LogP contribution in [0.1, 0.15) is 43.9 Å². The molecule has 1 saturated carbocycles. The molecule has 11 heteroatoms. The second-order valence-corrected chi connectivity index (χ2v) is 10.9. The van der Waals surface area contributed by atoms with Crippen molar-refractivity contribution in [3.8, 4) is 5.75 Å². The highest BCUT2D eigenvalue weighted by molar-refractivity contribution is 5.93. The molecule has 0 radical (unpaired) electrons. The third-order valence-corrected chi connectivity index (χ3v) is 7.74. The zero-order chi connectivity index (χ0) is 29.7. The minimum absolute atomic E-state index is 0.0950. The van der Waals surface area contributed by atoms with E-state index in [4.69, 9.17) is 4.74 Å². The van der Waals surface area contributed by atoms with Gasteiger partial charge in [0.2, 0.25) is 17.7 Å². The van der Waals surface area contributed by atoms with Gasteiger partial charge in [-0.2, -0.15) is 0 Å². The van der Waals surface area contributed by atoms with Gasteiger partial charge in [-0.15, -0.1) is 0 Å². The highest BCUT2D eigenvalue weighted by Crippen LogP contribution is 2.34. The lowest BCUT2D eigenvalue weighted by molar-refractivity contribution is -0.141. The normalized spacial score (nSPS) is 30.2. The summed E-state index contributed by atoms with van der Waals surface area (Å²) in [5.41, 5.74) is 1.20. The predicted octanol–water partition coefficient (Wildman–Crippen LogP) is 1.06. The fourth-order valence-electron chi connectivity index (χ4n) is 4.95. The Kier molecular flexibility index (Phi) is 9.95. The van der Waals surface area contributed by atoms with Crippen LogP contribution in [-0.4, -0.2) is 83.3 Å². The van der Waals surface area contributed by atoms with E-state index in [-0.39, 0.29) is 43.9 Å². The van der Waals surface area contributed by atoms with Crippen LogP contribution in [0.3, 0.4) is 0 Å². The maximum Gasteiger partial charge on any atom is 0.243 e. The molecule has 7 atom stereocenters. The molecule has 4 rings (SSSR count). The summed E-state index contributed by atoms with van der Waals surface area (Å²) in [6, 6.07) is 10.1. The third kappa shape index (κ3) is 7.81. The zero-order valence-corrected chi connectivity index (χ0v) is 23.5. The van der Waals surface area contributed by atoms with Crippen molar-refractivity contribution in [2.24, 2.45) is 5.92 Å². The van der Waals surface area contributed by atoms with Gasteiger partial charge in [-0.25, -0.2) is 4.39 Å². The first-order valence-electron chi connectivity index (χ1n) is 14.0. The molecule has 1 aliphatic heterocycles. The molecule has 7 unspecified atom stereocenters. The topological polar surface area (TPSA) is 140 Å². The first kappa shape index (κ1) is 30.4. The number of fused-ring (bicyclic) bond motifs is 1. The van der Waals surface area contributed by atoms with E-state index in [0.29, 0.717) is 23.3 Å². The average molecular weight is 571 g/mol. The van der Waals surface area contributed by atoms with E-state index in [2.05, 4.69) is 16.0 Å². The average Bonchev–Trinajstić information content (AvgIpc) is 3.68. The largest absolute Gasteiger partial charge is 0.489 e. The van der Waals surface area contributed by atoms with Gasteiger partial charge in [-0.05, 0) is 50.5 Å². The monoisotopic (exact) mass is 570 g/mol. The van der Waals surface area contributed by atoms with Gasteiger partial charge in [0.1, 0.15) is 29.8 Å². The zero-order valence-electron chi connectivity index (χ0n) is 23.5. The van der Waals surface area contributed by atoms with Gasteiger partial charge in [0.15, 0.2) is 0 Å². The van der Waals surface area contributed by atoms with Crippen LogP contribution >= 0.6 is 0 Å². The van der Waals surface area contributed by atoms with Gasteiger partial charge in [0.25, 0.3) is 0 Å². The predicted molar refractivity (Wildman–Crippen MR) is 149 cm³/mol. The van der Waals surface area contributed by atoms with Gasteiger partial charge in [0, 0.05) is 38.0 Å². The fraction of sp³-hybridized carbons (Fsp3) is 0.500. The third-order valence-electron chi connectivity index (χ3n) is 7.74. The Labute approximate surface area is 239 Å². The molecule has 1 aliphatic carbocycles. The molecule has 1 fully saturated rings. The highest BCUT2D eigenvalue weighted by atomic mass is 19.1. The Morgan fingerprint density at radius 2 is 1.71 bits per heavy atom. The maximum absolute atomic E-state index is 13.5. The molecule has 2 aliphatic rings. The van der Waals surface area contributed by atoms with Gasteiger partial charge in [-0.3, -0.25) is 14.4 Å². The Bertz CT molecular complexity index is 1230. The standard InChI is InChI=1S/C30H39FN4O6/c1-17-16-33-27(22-15-25(22)37)30(40)35(3)18(2)28(38)34-23(14-19-8-10-20(31)11-9-19)29(39)32-13-12-24(36)21-6-4-5-7-26(21)41-17/h4-11,17-18,22-25,27,33,36-37H,12-16H2,1-3H3,(H,32,39)(H,34,38). The molecule has 0 spiro atoms. The molecule has 0 saturated heterocycles. The SMILES string of the molecule is CC1CNC(C2CC2O)C(=O)N(C)C(C)C(=O)NC(Cc2ccc(F)cc2)C(=O)NCCC(O)c2ccccc2O1. The first-order chi connectivity index (χ1) is 19.5. The number of hydrogen-bond acceptors (Lipinski definition) is 7. The van der Waals surface area contributed by atoms with E-state index in [1.807, 2.05) is 6.92 Å². The van der Waals surface area contributed by atoms with E-state index in [0.717, 1.165) is 0 Å². The summed E-state index contributed by atoms with van der Waals surface area (Å²) < 4.78 is 19.6. The van der Waals surface area contributed by atoms with Crippen molar-refractivity contribution in [2.45, 2.75) is 69.5 Å². The van der Waals surface area contributed by atoms with Crippen LogP contribution in [0.5, 0.6) is 5.75 Å². The second kappa shape index (κ2) is 13.4. The van der Waals surface area contributed by atoms with E-state index in [1.165, 1.54) is 36.2 Å². The molecule has 41 heavy (non-hydrogen) atoms. The number of nitrogens with zero attached hydrogens (tertiary/aromatic N) is 1. The number of carbonyl (C=O) groups is 3. The number of rotatable bonds is 3. The summed E-state index contributed by atoms with van der Waals surface area (Å²) in [4.78, 5) is 41.4. The van der Waals surface area contributed by atoms with Crippen molar-refractivity contribution in [3.63, 3.8) is 0 Å². The lowest BCUT2D eigenvalue weighted by Crippen LogP contribution is -2.57. The Balaban J connectivity index is 1.60. The summed E-state index contributed by atoms with van der Waals surface area (Å²) in [6.07, 6.45) is -1.18. The van der Waals surface area contributed by atoms with Crippen LogP contribution in [0.4, 0.5) is 4.39 Å². The number of carbonyl (C=O) groups excluding carboxylic acids is 3. The Morgan fingerprint density at radius 3 is 2.39 bits per heavy atom. The van der Waals surface area contributed by atoms with Crippen molar-refractivity contribution in [3.05, 3.63) is 65.5 Å². The van der Waals surface area contributed by atoms with Gasteiger partial charge in [0.05, 0.1) is 18.2 Å². The van der Waals surface area contributed by atoms with Crippen molar-refractivity contribution < 1.29 is 33.7 Å². The molecular formula is C30H39FN4O6. The summed E-state index contributed by atoms with van der Waals surface area (Å²) in [6.45, 7) is 3.81. The van der Waals surface area contributed by atoms with E-state index >= 15 is 0 Å². The number of para-hydroxylation sites is 1. The van der Waals surface area contributed by atoms with Crippen molar-refractivity contribution in [1.82, 2.24) is 20.9 Å². The van der Waals surface area contributed by atoms with Crippen LogP contribution in [0.25, 0.3) is 0 Å². The lowest BCUT2D eigenvalue weighted by atomic mass is 10.0. The second-order valence-electron chi connectivity index (χ2n) is 10.9. The molecule has 2 aromatic rings. The van der Waals surface area contributed by atoms with E-state index in [9.17, 15) is 29.0 Å². The van der Waals surface area contributed by atoms with Gasteiger partial charge >= 0.3 is 0 Å². The number of aliphatic hydroxyl groups excluding tert-OH is 2. The minimum Gasteiger partial charge on any atom is -0.489 e. The van der Waals surface area contributed by atoms with Crippen LogP contribution < -0.4 is 20.7 Å². The molecule has 2 aromatic carbocycles. The Morgan fingerprint density at radius 1 is 1.02 bits per heavy atom. The summed E-state index contributed by atoms with van der Waals surface area (Å²) in [5, 5.41) is 29.8. The van der Waals surface area contributed by atoms with Crippen LogP contribution in [0.15, 0.2) is 48.5 Å². The first-order valence-corrected chi connectivity index (χ1v) is 14.0. The molecule has 0 bridgehead atoms. The molecular weight excluding hydrogens is 531 g/mol. The van der Waals surface area contributed by atoms with Crippen LogP contribution in [-0.2, 0) is 20.8 Å².